The summed E-state index contributed by atoms with van der Waals surface area (Å²) in [7, 11) is 0. The summed E-state index contributed by atoms with van der Waals surface area (Å²) in [4.78, 5) is 26.4. The van der Waals surface area contributed by atoms with E-state index in [1.54, 1.807) is 17.0 Å². The van der Waals surface area contributed by atoms with Gasteiger partial charge in [-0.1, -0.05) is 33.6 Å². The fraction of sp³-hybridized carbons (Fsp3) is 0.176. The highest BCUT2D eigenvalue weighted by Crippen LogP contribution is 2.29. The Morgan fingerprint density at radius 1 is 1.19 bits per heavy atom. The smallest absolute Gasteiger partial charge is 0.258 e. The van der Waals surface area contributed by atoms with Gasteiger partial charge in [0.1, 0.15) is 0 Å². The molecule has 0 saturated heterocycles. The number of Topliss-reactive ketones (excluding diaryl/α,β-unsaturated/α-hetero) is 1. The number of ketones is 1. The van der Waals surface area contributed by atoms with Gasteiger partial charge in [-0.2, -0.15) is 0 Å². The zero-order valence-corrected chi connectivity index (χ0v) is 13.2. The third-order valence-corrected chi connectivity index (χ3v) is 4.12. The van der Waals surface area contributed by atoms with E-state index in [2.05, 4.69) is 15.9 Å². The molecular weight excluding hydrogens is 330 g/mol. The molecule has 3 nitrogen and oxygen atoms in total. The standard InChI is InChI=1S/C17H14BrNO2/c1-11-5-6-15-14(9-11)16(20)7-8-19(15)17(21)12-3-2-4-13(18)10-12/h2-6,9-10H,7-8H2,1H3. The van der Waals surface area contributed by atoms with Gasteiger partial charge in [0.15, 0.2) is 5.78 Å². The van der Waals surface area contributed by atoms with Crippen LogP contribution in [0.25, 0.3) is 0 Å². The Hall–Kier alpha value is -1.94. The van der Waals surface area contributed by atoms with E-state index in [1.807, 2.05) is 37.3 Å². The molecular formula is C17H14BrNO2. The number of carbonyl (C=O) groups excluding carboxylic acids is 2. The number of hydrogen-bond acceptors (Lipinski definition) is 2. The number of fused-ring (bicyclic) bond motifs is 1. The molecule has 1 heterocycles. The zero-order chi connectivity index (χ0) is 15.0. The molecule has 0 spiro atoms. The summed E-state index contributed by atoms with van der Waals surface area (Å²) in [6.45, 7) is 2.38. The van der Waals surface area contributed by atoms with E-state index in [-0.39, 0.29) is 11.7 Å². The number of halogens is 1. The van der Waals surface area contributed by atoms with Crippen LogP contribution in [-0.2, 0) is 0 Å². The molecule has 2 aromatic carbocycles. The molecule has 1 aliphatic rings. The summed E-state index contributed by atoms with van der Waals surface area (Å²) in [6.07, 6.45) is 0.371. The molecule has 0 bridgehead atoms. The van der Waals surface area contributed by atoms with Crippen molar-refractivity contribution in [3.05, 3.63) is 63.6 Å². The third kappa shape index (κ3) is 2.63. The molecule has 1 aliphatic heterocycles. The van der Waals surface area contributed by atoms with E-state index < -0.39 is 0 Å². The normalized spacial score (nSPS) is 14.0. The van der Waals surface area contributed by atoms with Gasteiger partial charge in [-0.05, 0) is 37.3 Å². The molecule has 0 unspecified atom stereocenters. The van der Waals surface area contributed by atoms with Crippen LogP contribution in [0.5, 0.6) is 0 Å². The van der Waals surface area contributed by atoms with Crippen LogP contribution in [-0.4, -0.2) is 18.2 Å². The van der Waals surface area contributed by atoms with Gasteiger partial charge in [0, 0.05) is 28.6 Å². The van der Waals surface area contributed by atoms with E-state index in [9.17, 15) is 9.59 Å². The summed E-state index contributed by atoms with van der Waals surface area (Å²) >= 11 is 3.38. The first-order valence-corrected chi connectivity index (χ1v) is 7.57. The van der Waals surface area contributed by atoms with Crippen LogP contribution in [0.3, 0.4) is 0 Å². The van der Waals surface area contributed by atoms with Crippen LogP contribution >= 0.6 is 15.9 Å². The number of hydrogen-bond donors (Lipinski definition) is 0. The van der Waals surface area contributed by atoms with Crippen molar-refractivity contribution in [3.8, 4) is 0 Å². The minimum absolute atomic E-state index is 0.0751. The van der Waals surface area contributed by atoms with Gasteiger partial charge in [-0.25, -0.2) is 0 Å². The van der Waals surface area contributed by atoms with Gasteiger partial charge in [0.05, 0.1) is 5.69 Å². The monoisotopic (exact) mass is 343 g/mol. The average Bonchev–Trinajstić information content (AvgIpc) is 2.47. The van der Waals surface area contributed by atoms with Crippen molar-refractivity contribution in [1.29, 1.82) is 0 Å². The molecule has 0 fully saturated rings. The average molecular weight is 344 g/mol. The summed E-state index contributed by atoms with van der Waals surface area (Å²) in [6, 6.07) is 13.0. The molecule has 0 N–H and O–H groups in total. The van der Waals surface area contributed by atoms with Gasteiger partial charge >= 0.3 is 0 Å². The summed E-state index contributed by atoms with van der Waals surface area (Å²) < 4.78 is 0.866. The molecule has 2 aromatic rings. The maximum absolute atomic E-state index is 12.7. The van der Waals surface area contributed by atoms with E-state index in [4.69, 9.17) is 0 Å². The first-order chi connectivity index (χ1) is 10.1. The van der Waals surface area contributed by atoms with E-state index in [1.165, 1.54) is 0 Å². The van der Waals surface area contributed by atoms with E-state index in [0.29, 0.717) is 29.8 Å². The lowest BCUT2D eigenvalue weighted by Crippen LogP contribution is -2.37. The van der Waals surface area contributed by atoms with Crippen molar-refractivity contribution in [2.75, 3.05) is 11.4 Å². The zero-order valence-electron chi connectivity index (χ0n) is 11.6. The lowest BCUT2D eigenvalue weighted by molar-refractivity contribution is 0.0955. The number of nitrogens with zero attached hydrogens (tertiary/aromatic N) is 1. The van der Waals surface area contributed by atoms with Gasteiger partial charge < -0.3 is 4.90 Å². The first-order valence-electron chi connectivity index (χ1n) is 6.77. The highest BCUT2D eigenvalue weighted by molar-refractivity contribution is 9.10. The topological polar surface area (TPSA) is 37.4 Å². The van der Waals surface area contributed by atoms with Crippen LogP contribution in [0.1, 0.15) is 32.7 Å². The second-order valence-electron chi connectivity index (χ2n) is 5.16. The number of rotatable bonds is 1. The summed E-state index contributed by atoms with van der Waals surface area (Å²) in [5.74, 6) is 0.0286. The maximum atomic E-state index is 12.7. The molecule has 0 aliphatic carbocycles. The summed E-state index contributed by atoms with van der Waals surface area (Å²) in [5.41, 5.74) is 3.00. The Labute approximate surface area is 131 Å². The highest BCUT2D eigenvalue weighted by Gasteiger charge is 2.27. The number of anilines is 1. The fourth-order valence-electron chi connectivity index (χ4n) is 2.57. The molecule has 21 heavy (non-hydrogen) atoms. The largest absolute Gasteiger partial charge is 0.307 e. The van der Waals surface area contributed by atoms with Crippen molar-refractivity contribution in [2.45, 2.75) is 13.3 Å². The Morgan fingerprint density at radius 2 is 2.00 bits per heavy atom. The predicted molar refractivity (Wildman–Crippen MR) is 85.9 cm³/mol. The Balaban J connectivity index is 2.03. The lowest BCUT2D eigenvalue weighted by Gasteiger charge is -2.29. The van der Waals surface area contributed by atoms with Crippen molar-refractivity contribution < 1.29 is 9.59 Å². The molecule has 1 amide bonds. The molecule has 106 valence electrons. The SMILES string of the molecule is Cc1ccc2c(c1)C(=O)CCN2C(=O)c1cccc(Br)c1. The van der Waals surface area contributed by atoms with Gasteiger partial charge in [-0.15, -0.1) is 0 Å². The minimum atomic E-state index is -0.0751. The first kappa shape index (κ1) is 14.0. The van der Waals surface area contributed by atoms with Crippen molar-refractivity contribution in [3.63, 3.8) is 0 Å². The number of benzene rings is 2. The minimum Gasteiger partial charge on any atom is -0.307 e. The van der Waals surface area contributed by atoms with Crippen molar-refractivity contribution in [2.24, 2.45) is 0 Å². The Kier molecular flexibility index (Phi) is 3.64. The second-order valence-corrected chi connectivity index (χ2v) is 6.08. The Morgan fingerprint density at radius 3 is 2.76 bits per heavy atom. The van der Waals surface area contributed by atoms with Gasteiger partial charge in [0.25, 0.3) is 5.91 Å². The molecule has 0 atom stereocenters. The van der Waals surface area contributed by atoms with E-state index in [0.717, 1.165) is 10.0 Å². The van der Waals surface area contributed by atoms with Gasteiger partial charge in [-0.3, -0.25) is 9.59 Å². The van der Waals surface area contributed by atoms with E-state index >= 15 is 0 Å². The number of aryl methyl sites for hydroxylation is 1. The number of carbonyl (C=O) groups is 2. The molecule has 0 saturated carbocycles. The quantitative estimate of drug-likeness (QED) is 0.784. The molecule has 4 heteroatoms. The summed E-state index contributed by atoms with van der Waals surface area (Å²) in [5, 5.41) is 0. The van der Waals surface area contributed by atoms with Crippen molar-refractivity contribution in [1.82, 2.24) is 0 Å². The number of amides is 1. The fourth-order valence-corrected chi connectivity index (χ4v) is 2.96. The molecule has 3 rings (SSSR count). The van der Waals surface area contributed by atoms with Crippen LogP contribution < -0.4 is 4.90 Å². The predicted octanol–water partition coefficient (Wildman–Crippen LogP) is 3.99. The molecule has 0 aromatic heterocycles. The van der Waals surface area contributed by atoms with Crippen LogP contribution in [0, 0.1) is 6.92 Å². The lowest BCUT2D eigenvalue weighted by atomic mass is 9.97. The second kappa shape index (κ2) is 5.45. The third-order valence-electron chi connectivity index (χ3n) is 3.62. The maximum Gasteiger partial charge on any atom is 0.258 e. The van der Waals surface area contributed by atoms with Crippen LogP contribution in [0.4, 0.5) is 5.69 Å². The van der Waals surface area contributed by atoms with Crippen LogP contribution in [0.2, 0.25) is 0 Å². The molecule has 0 radical (unpaired) electrons. The van der Waals surface area contributed by atoms with Gasteiger partial charge in [0.2, 0.25) is 0 Å². The van der Waals surface area contributed by atoms with Crippen LogP contribution in [0.15, 0.2) is 46.9 Å². The highest BCUT2D eigenvalue weighted by atomic mass is 79.9. The Bertz CT molecular complexity index is 739. The van der Waals surface area contributed by atoms with Crippen molar-refractivity contribution >= 4 is 33.3 Å².